The molecule has 1 aliphatic heterocycles. The number of hydrogen-bond donors (Lipinski definition) is 2. The highest BCUT2D eigenvalue weighted by Gasteiger charge is 2.43. The van der Waals surface area contributed by atoms with Gasteiger partial charge in [0.1, 0.15) is 11.3 Å². The van der Waals surface area contributed by atoms with Gasteiger partial charge in [-0.05, 0) is 44.4 Å². The first-order valence-electron chi connectivity index (χ1n) is 9.42. The van der Waals surface area contributed by atoms with Crippen molar-refractivity contribution < 1.29 is 28.7 Å². The third kappa shape index (κ3) is 6.48. The smallest absolute Gasteiger partial charge is 0.325 e. The van der Waals surface area contributed by atoms with Crippen LogP contribution in [0.25, 0.3) is 0 Å². The maximum absolute atomic E-state index is 12.0. The summed E-state index contributed by atoms with van der Waals surface area (Å²) in [6.07, 6.45) is 0.926. The summed E-state index contributed by atoms with van der Waals surface area (Å²) in [5.41, 5.74) is 0.119. The zero-order valence-corrected chi connectivity index (χ0v) is 16.9. The Labute approximate surface area is 169 Å². The van der Waals surface area contributed by atoms with Crippen LogP contribution in [-0.4, -0.2) is 61.1 Å². The number of benzene rings is 1. The molecule has 0 spiro atoms. The van der Waals surface area contributed by atoms with Gasteiger partial charge in [0.2, 0.25) is 0 Å². The van der Waals surface area contributed by atoms with Crippen molar-refractivity contribution in [1.82, 2.24) is 15.5 Å². The van der Waals surface area contributed by atoms with E-state index in [9.17, 15) is 19.2 Å². The number of esters is 1. The first kappa shape index (κ1) is 22.2. The Morgan fingerprint density at radius 1 is 1.17 bits per heavy atom. The number of carbonyl (C=O) groups is 4. The SMILES string of the molecule is COc1ccc(CCNC(=O)COC(=O)CCCN2C(=O)NC(C)(C)C2=O)cc1. The van der Waals surface area contributed by atoms with E-state index in [1.54, 1.807) is 21.0 Å². The first-order valence-corrected chi connectivity index (χ1v) is 9.42. The lowest BCUT2D eigenvalue weighted by molar-refractivity contribution is -0.148. The molecule has 1 heterocycles. The Kier molecular flexibility index (Phi) is 7.58. The van der Waals surface area contributed by atoms with E-state index < -0.39 is 17.5 Å². The Bertz CT molecular complexity index is 760. The maximum Gasteiger partial charge on any atom is 0.325 e. The number of nitrogens with one attached hydrogen (secondary N) is 2. The monoisotopic (exact) mass is 405 g/mol. The lowest BCUT2D eigenvalue weighted by atomic mass is 10.1. The van der Waals surface area contributed by atoms with E-state index in [1.165, 1.54) is 0 Å². The Morgan fingerprint density at radius 3 is 2.45 bits per heavy atom. The van der Waals surface area contributed by atoms with Crippen molar-refractivity contribution in [2.75, 3.05) is 26.8 Å². The van der Waals surface area contributed by atoms with Gasteiger partial charge in [0.15, 0.2) is 6.61 Å². The number of rotatable bonds is 10. The van der Waals surface area contributed by atoms with E-state index in [0.29, 0.717) is 13.0 Å². The van der Waals surface area contributed by atoms with Crippen LogP contribution in [0, 0.1) is 0 Å². The van der Waals surface area contributed by atoms with E-state index >= 15 is 0 Å². The minimum absolute atomic E-state index is 0.0105. The van der Waals surface area contributed by atoms with E-state index in [4.69, 9.17) is 9.47 Å². The molecule has 1 aromatic carbocycles. The van der Waals surface area contributed by atoms with Crippen LogP contribution in [-0.2, 0) is 25.5 Å². The van der Waals surface area contributed by atoms with Crippen molar-refractivity contribution >= 4 is 23.8 Å². The molecule has 0 aromatic heterocycles. The van der Waals surface area contributed by atoms with E-state index in [-0.39, 0.29) is 37.8 Å². The van der Waals surface area contributed by atoms with Gasteiger partial charge in [-0.3, -0.25) is 19.3 Å². The third-order valence-electron chi connectivity index (χ3n) is 4.47. The average molecular weight is 405 g/mol. The summed E-state index contributed by atoms with van der Waals surface area (Å²) in [5, 5.41) is 5.25. The Hall–Kier alpha value is -3.10. The van der Waals surface area contributed by atoms with E-state index in [2.05, 4.69) is 10.6 Å². The molecule has 1 fully saturated rings. The molecule has 9 nitrogen and oxygen atoms in total. The standard InChI is InChI=1S/C20H27N3O6/c1-20(2)18(26)23(19(27)22-20)12-4-5-17(25)29-13-16(24)21-11-10-14-6-8-15(28-3)9-7-14/h6-9H,4-5,10-13H2,1-3H3,(H,21,24)(H,22,27). The minimum Gasteiger partial charge on any atom is -0.497 e. The molecule has 0 unspecified atom stereocenters. The summed E-state index contributed by atoms with van der Waals surface area (Å²) < 4.78 is 10.0. The third-order valence-corrected chi connectivity index (χ3v) is 4.47. The molecule has 0 radical (unpaired) electrons. The molecule has 1 saturated heterocycles. The van der Waals surface area contributed by atoms with Crippen LogP contribution >= 0.6 is 0 Å². The lowest BCUT2D eigenvalue weighted by Gasteiger charge is -2.15. The summed E-state index contributed by atoms with van der Waals surface area (Å²) >= 11 is 0. The highest BCUT2D eigenvalue weighted by atomic mass is 16.5. The number of hydrogen-bond acceptors (Lipinski definition) is 6. The van der Waals surface area contributed by atoms with Crippen LogP contribution in [0.15, 0.2) is 24.3 Å². The van der Waals surface area contributed by atoms with Crippen LogP contribution < -0.4 is 15.4 Å². The minimum atomic E-state index is -0.929. The van der Waals surface area contributed by atoms with Gasteiger partial charge in [-0.2, -0.15) is 0 Å². The van der Waals surface area contributed by atoms with Crippen molar-refractivity contribution in [2.45, 2.75) is 38.6 Å². The fraction of sp³-hybridized carbons (Fsp3) is 0.500. The molecule has 2 rings (SSSR count). The topological polar surface area (TPSA) is 114 Å². The first-order chi connectivity index (χ1) is 13.7. The van der Waals surface area contributed by atoms with Gasteiger partial charge < -0.3 is 20.1 Å². The van der Waals surface area contributed by atoms with Crippen molar-refractivity contribution in [3.8, 4) is 5.75 Å². The number of methoxy groups -OCH3 is 1. The van der Waals surface area contributed by atoms with E-state index in [1.807, 2.05) is 24.3 Å². The fourth-order valence-electron chi connectivity index (χ4n) is 2.81. The fourth-order valence-corrected chi connectivity index (χ4v) is 2.81. The van der Waals surface area contributed by atoms with E-state index in [0.717, 1.165) is 16.2 Å². The normalized spacial score (nSPS) is 15.1. The van der Waals surface area contributed by atoms with Crippen molar-refractivity contribution in [3.63, 3.8) is 0 Å². The lowest BCUT2D eigenvalue weighted by Crippen LogP contribution is -2.40. The molecule has 0 aliphatic carbocycles. The number of ether oxygens (including phenoxy) is 2. The zero-order chi connectivity index (χ0) is 21.4. The maximum atomic E-state index is 12.0. The van der Waals surface area contributed by atoms with Crippen molar-refractivity contribution in [3.05, 3.63) is 29.8 Å². The summed E-state index contributed by atoms with van der Waals surface area (Å²) in [7, 11) is 1.60. The van der Waals surface area contributed by atoms with Gasteiger partial charge in [-0.25, -0.2) is 4.79 Å². The summed E-state index contributed by atoms with van der Waals surface area (Å²) in [6.45, 7) is 3.42. The average Bonchev–Trinajstić information content (AvgIpc) is 2.88. The highest BCUT2D eigenvalue weighted by Crippen LogP contribution is 2.17. The predicted octanol–water partition coefficient (Wildman–Crippen LogP) is 1.01. The number of carbonyl (C=O) groups excluding carboxylic acids is 4. The molecule has 0 bridgehead atoms. The second-order valence-electron chi connectivity index (χ2n) is 7.22. The highest BCUT2D eigenvalue weighted by molar-refractivity contribution is 6.06. The zero-order valence-electron chi connectivity index (χ0n) is 16.9. The van der Waals surface area contributed by atoms with Gasteiger partial charge in [0, 0.05) is 19.5 Å². The molecule has 4 amide bonds. The Morgan fingerprint density at radius 2 is 1.86 bits per heavy atom. The molecule has 9 heteroatoms. The number of imide groups is 1. The molecule has 0 saturated carbocycles. The van der Waals surface area contributed by atoms with Crippen LogP contribution in [0.5, 0.6) is 5.75 Å². The van der Waals surface area contributed by atoms with Crippen LogP contribution in [0.3, 0.4) is 0 Å². The van der Waals surface area contributed by atoms with Crippen LogP contribution in [0.1, 0.15) is 32.3 Å². The second kappa shape index (κ2) is 9.90. The van der Waals surface area contributed by atoms with Crippen LogP contribution in [0.4, 0.5) is 4.79 Å². The molecule has 29 heavy (non-hydrogen) atoms. The molecule has 2 N–H and O–H groups in total. The second-order valence-corrected chi connectivity index (χ2v) is 7.22. The predicted molar refractivity (Wildman–Crippen MR) is 104 cm³/mol. The summed E-state index contributed by atoms with van der Waals surface area (Å²) in [6, 6.07) is 7.05. The number of nitrogens with zero attached hydrogens (tertiary/aromatic N) is 1. The van der Waals surface area contributed by atoms with Gasteiger partial charge in [-0.15, -0.1) is 0 Å². The molecule has 1 aliphatic rings. The number of amides is 4. The molecular weight excluding hydrogens is 378 g/mol. The van der Waals surface area contributed by atoms with Crippen molar-refractivity contribution in [2.24, 2.45) is 0 Å². The van der Waals surface area contributed by atoms with Crippen LogP contribution in [0.2, 0.25) is 0 Å². The Balaban J connectivity index is 1.59. The molecule has 158 valence electrons. The van der Waals surface area contributed by atoms with Gasteiger partial charge in [-0.1, -0.05) is 12.1 Å². The summed E-state index contributed by atoms with van der Waals surface area (Å²) in [4.78, 5) is 48.4. The summed E-state index contributed by atoms with van der Waals surface area (Å²) in [5.74, 6) is -0.500. The number of urea groups is 1. The largest absolute Gasteiger partial charge is 0.497 e. The van der Waals surface area contributed by atoms with Gasteiger partial charge in [0.05, 0.1) is 7.11 Å². The van der Waals surface area contributed by atoms with Crippen molar-refractivity contribution in [1.29, 1.82) is 0 Å². The van der Waals surface area contributed by atoms with Gasteiger partial charge in [0.25, 0.3) is 11.8 Å². The quantitative estimate of drug-likeness (QED) is 0.444. The van der Waals surface area contributed by atoms with Gasteiger partial charge >= 0.3 is 12.0 Å². The molecule has 0 atom stereocenters. The molecular formula is C20H27N3O6. The molecule has 1 aromatic rings.